The van der Waals surface area contributed by atoms with E-state index in [-0.39, 0.29) is 43.7 Å². The predicted octanol–water partition coefficient (Wildman–Crippen LogP) is 3.93. The number of anilines is 1. The average molecular weight is 716 g/mol. The van der Waals surface area contributed by atoms with Gasteiger partial charge in [0.05, 0.1) is 7.11 Å². The van der Waals surface area contributed by atoms with E-state index < -0.39 is 41.8 Å². The molecule has 270 valence electrons. The van der Waals surface area contributed by atoms with Crippen LogP contribution < -0.4 is 37.5 Å². The van der Waals surface area contributed by atoms with E-state index >= 15 is 0 Å². The van der Waals surface area contributed by atoms with Gasteiger partial charge in [-0.25, -0.2) is 0 Å². The Hall–Kier alpha value is -5.62. The lowest BCUT2D eigenvalue weighted by molar-refractivity contribution is -0.132. The smallest absolute Gasteiger partial charge is 0.251 e. The van der Waals surface area contributed by atoms with Crippen molar-refractivity contribution in [2.45, 2.75) is 51.2 Å². The zero-order valence-electron chi connectivity index (χ0n) is 28.9. The second-order valence-corrected chi connectivity index (χ2v) is 12.2. The largest absolute Gasteiger partial charge is 0.496 e. The number of halogens is 1. The number of carbonyl (C=O) groups is 4. The Balaban J connectivity index is 0.00000702. The van der Waals surface area contributed by atoms with Crippen molar-refractivity contribution in [3.8, 4) is 5.75 Å². The number of ether oxygens (including phenoxy) is 1. The molecule has 0 bridgehead atoms. The number of nitrogens with two attached hydrogens (primary N) is 2. The maximum absolute atomic E-state index is 13.8. The maximum atomic E-state index is 13.8. The van der Waals surface area contributed by atoms with E-state index in [0.29, 0.717) is 23.4 Å². The maximum Gasteiger partial charge on any atom is 0.251 e. The molecule has 0 aliphatic heterocycles. The summed E-state index contributed by atoms with van der Waals surface area (Å²) in [6.45, 7) is 3.82. The molecule has 4 aromatic carbocycles. The summed E-state index contributed by atoms with van der Waals surface area (Å²) < 4.78 is 5.55. The SMILES string of the molecule is COc1cc(NC(=O)C(CCCN=C(N)N)NC(=O)C(NC(=O)C(Cc2ccccc2)NC(=O)c2ccccc2)C(C)C)cc2ccccc12.Cl. The van der Waals surface area contributed by atoms with Crippen LogP contribution in [0.1, 0.15) is 42.6 Å². The zero-order chi connectivity index (χ0) is 36.0. The second kappa shape index (κ2) is 19.5. The number of carbonyl (C=O) groups excluding carboxylic acids is 4. The summed E-state index contributed by atoms with van der Waals surface area (Å²) in [5.41, 5.74) is 12.7. The van der Waals surface area contributed by atoms with Crippen molar-refractivity contribution in [3.63, 3.8) is 0 Å². The van der Waals surface area contributed by atoms with Gasteiger partial charge in [0.2, 0.25) is 17.7 Å². The second-order valence-electron chi connectivity index (χ2n) is 12.2. The molecule has 3 unspecified atom stereocenters. The first-order valence-electron chi connectivity index (χ1n) is 16.5. The molecule has 0 fully saturated rings. The highest BCUT2D eigenvalue weighted by Gasteiger charge is 2.32. The minimum atomic E-state index is -1.02. The molecule has 4 aromatic rings. The number of methoxy groups -OCH3 is 1. The first kappa shape index (κ1) is 39.8. The van der Waals surface area contributed by atoms with Crippen molar-refractivity contribution in [3.05, 3.63) is 108 Å². The molecular formula is C38H46ClN7O5. The average Bonchev–Trinajstić information content (AvgIpc) is 3.11. The van der Waals surface area contributed by atoms with Crippen LogP contribution in [-0.4, -0.2) is 61.4 Å². The fourth-order valence-electron chi connectivity index (χ4n) is 5.46. The fraction of sp³-hybridized carbons (Fsp3) is 0.289. The van der Waals surface area contributed by atoms with Crippen LogP contribution >= 0.6 is 12.4 Å². The standard InChI is InChI=1S/C38H45N7O5.ClH/c1-24(2)33(45-36(48)31(21-25-13-6-4-7-14-25)44-34(46)26-15-8-5-9-16-26)37(49)43-30(19-12-20-41-38(39)40)35(47)42-28-22-27-17-10-11-18-29(27)32(23-28)50-3;/h4-11,13-18,22-24,30-31,33H,12,19-21H2,1-3H3,(H,42,47)(H,43,49)(H,44,46)(H,45,48)(H4,39,40,41);1H. The van der Waals surface area contributed by atoms with Crippen LogP contribution in [0.4, 0.5) is 5.69 Å². The number of amides is 4. The summed E-state index contributed by atoms with van der Waals surface area (Å²) in [6.07, 6.45) is 0.797. The molecule has 0 spiro atoms. The summed E-state index contributed by atoms with van der Waals surface area (Å²) in [6, 6.07) is 26.0. The van der Waals surface area contributed by atoms with E-state index in [2.05, 4.69) is 26.3 Å². The number of rotatable bonds is 16. The van der Waals surface area contributed by atoms with Crippen LogP contribution in [0.25, 0.3) is 10.8 Å². The fourth-order valence-corrected chi connectivity index (χ4v) is 5.46. The van der Waals surface area contributed by atoms with Gasteiger partial charge in [-0.2, -0.15) is 0 Å². The molecule has 12 nitrogen and oxygen atoms in total. The van der Waals surface area contributed by atoms with E-state index in [0.717, 1.165) is 16.3 Å². The van der Waals surface area contributed by atoms with Gasteiger partial charge in [0.15, 0.2) is 5.96 Å². The Morgan fingerprint density at radius 3 is 2.06 bits per heavy atom. The summed E-state index contributed by atoms with van der Waals surface area (Å²) >= 11 is 0. The molecule has 0 aliphatic carbocycles. The molecule has 0 saturated heterocycles. The van der Waals surface area contributed by atoms with E-state index in [1.54, 1.807) is 57.4 Å². The molecule has 0 saturated carbocycles. The molecule has 0 aliphatic rings. The molecule has 0 aromatic heterocycles. The number of aliphatic imine (C=N–C) groups is 1. The van der Waals surface area contributed by atoms with Gasteiger partial charge in [0, 0.05) is 35.7 Å². The van der Waals surface area contributed by atoms with Crippen molar-refractivity contribution in [2.24, 2.45) is 22.4 Å². The zero-order valence-corrected chi connectivity index (χ0v) is 29.7. The highest BCUT2D eigenvalue weighted by Crippen LogP contribution is 2.30. The topological polar surface area (TPSA) is 190 Å². The third-order valence-electron chi connectivity index (χ3n) is 8.08. The quantitative estimate of drug-likeness (QED) is 0.0576. The minimum absolute atomic E-state index is 0. The van der Waals surface area contributed by atoms with Crippen molar-refractivity contribution < 1.29 is 23.9 Å². The predicted molar refractivity (Wildman–Crippen MR) is 203 cm³/mol. The Morgan fingerprint density at radius 2 is 1.41 bits per heavy atom. The van der Waals surface area contributed by atoms with Crippen molar-refractivity contribution in [2.75, 3.05) is 19.0 Å². The van der Waals surface area contributed by atoms with Gasteiger partial charge < -0.3 is 37.5 Å². The van der Waals surface area contributed by atoms with Gasteiger partial charge >= 0.3 is 0 Å². The Labute approximate surface area is 304 Å². The number of guanidine groups is 1. The van der Waals surface area contributed by atoms with Crippen molar-refractivity contribution >= 4 is 58.5 Å². The minimum Gasteiger partial charge on any atom is -0.496 e. The molecule has 13 heteroatoms. The molecule has 0 heterocycles. The van der Waals surface area contributed by atoms with Crippen LogP contribution in [0.5, 0.6) is 5.75 Å². The molecule has 3 atom stereocenters. The summed E-state index contributed by atoms with van der Waals surface area (Å²) in [7, 11) is 1.55. The molecule has 4 amide bonds. The third kappa shape index (κ3) is 11.7. The number of nitrogens with zero attached hydrogens (tertiary/aromatic N) is 1. The van der Waals surface area contributed by atoms with Gasteiger partial charge in [0.1, 0.15) is 23.9 Å². The number of fused-ring (bicyclic) bond motifs is 1. The molecular weight excluding hydrogens is 670 g/mol. The Kier molecular flexibility index (Phi) is 15.3. The van der Waals surface area contributed by atoms with Crippen LogP contribution in [0.3, 0.4) is 0 Å². The van der Waals surface area contributed by atoms with Crippen LogP contribution in [-0.2, 0) is 20.8 Å². The number of hydrogen-bond donors (Lipinski definition) is 6. The van der Waals surface area contributed by atoms with E-state index in [4.69, 9.17) is 16.2 Å². The van der Waals surface area contributed by atoms with Gasteiger partial charge in [-0.05, 0) is 47.9 Å². The van der Waals surface area contributed by atoms with Crippen molar-refractivity contribution in [1.29, 1.82) is 0 Å². The lowest BCUT2D eigenvalue weighted by Crippen LogP contribution is -2.58. The Bertz CT molecular complexity index is 1800. The van der Waals surface area contributed by atoms with Gasteiger partial charge in [-0.1, -0.05) is 86.6 Å². The van der Waals surface area contributed by atoms with Crippen LogP contribution in [0.15, 0.2) is 102 Å². The number of hydrogen-bond acceptors (Lipinski definition) is 6. The summed E-state index contributed by atoms with van der Waals surface area (Å²) in [5, 5.41) is 13.2. The van der Waals surface area contributed by atoms with Crippen molar-refractivity contribution in [1.82, 2.24) is 16.0 Å². The van der Waals surface area contributed by atoms with Gasteiger partial charge in [0.25, 0.3) is 5.91 Å². The number of nitrogens with one attached hydrogen (secondary N) is 4. The van der Waals surface area contributed by atoms with Gasteiger partial charge in [-0.3, -0.25) is 24.2 Å². The van der Waals surface area contributed by atoms with Crippen LogP contribution in [0.2, 0.25) is 0 Å². The third-order valence-corrected chi connectivity index (χ3v) is 8.08. The van der Waals surface area contributed by atoms with Gasteiger partial charge in [-0.15, -0.1) is 12.4 Å². The number of benzene rings is 4. The molecule has 8 N–H and O–H groups in total. The lowest BCUT2D eigenvalue weighted by atomic mass is 10.00. The lowest BCUT2D eigenvalue weighted by Gasteiger charge is -2.27. The monoisotopic (exact) mass is 715 g/mol. The van der Waals surface area contributed by atoms with E-state index in [1.165, 1.54) is 0 Å². The molecule has 4 rings (SSSR count). The first-order chi connectivity index (χ1) is 24.0. The first-order valence-corrected chi connectivity index (χ1v) is 16.5. The van der Waals surface area contributed by atoms with E-state index in [9.17, 15) is 19.2 Å². The summed E-state index contributed by atoms with van der Waals surface area (Å²) in [4.78, 5) is 58.5. The summed E-state index contributed by atoms with van der Waals surface area (Å²) in [5.74, 6) is -1.84. The molecule has 0 radical (unpaired) electrons. The normalized spacial score (nSPS) is 12.4. The Morgan fingerprint density at radius 1 is 0.765 bits per heavy atom. The van der Waals surface area contributed by atoms with E-state index in [1.807, 2.05) is 60.7 Å². The highest BCUT2D eigenvalue weighted by molar-refractivity contribution is 6.02. The highest BCUT2D eigenvalue weighted by atomic mass is 35.5. The molecule has 51 heavy (non-hydrogen) atoms. The van der Waals surface area contributed by atoms with Crippen LogP contribution in [0, 0.1) is 5.92 Å².